The summed E-state index contributed by atoms with van der Waals surface area (Å²) in [5.74, 6) is 0. The summed E-state index contributed by atoms with van der Waals surface area (Å²) in [6.45, 7) is 18.8. The van der Waals surface area contributed by atoms with E-state index in [1.54, 1.807) is 0 Å². The molecule has 12 fully saturated rings. The summed E-state index contributed by atoms with van der Waals surface area (Å²) in [5.41, 5.74) is 0. The highest BCUT2D eigenvalue weighted by Gasteiger charge is 2.00. The minimum Gasteiger partial charge on any atom is -0.381 e. The van der Waals surface area contributed by atoms with E-state index in [1.165, 1.54) is 251 Å². The highest BCUT2D eigenvalue weighted by Crippen LogP contribution is 2.17. The van der Waals surface area contributed by atoms with Crippen LogP contribution in [0.25, 0.3) is 0 Å². The van der Waals surface area contributed by atoms with Crippen LogP contribution in [0.4, 0.5) is 0 Å². The Morgan fingerprint density at radius 2 is 0.354 bits per heavy atom. The third-order valence-electron chi connectivity index (χ3n) is 12.3. The van der Waals surface area contributed by atoms with Crippen LogP contribution in [0.3, 0.4) is 0 Å². The number of rotatable bonds is 0. The second-order valence-corrected chi connectivity index (χ2v) is 18.6. The van der Waals surface area contributed by atoms with Crippen molar-refractivity contribution < 1.29 is 33.2 Å². The lowest BCUT2D eigenvalue weighted by atomic mass is 10.0. The molecule has 8 aliphatic heterocycles. The largest absolute Gasteiger partial charge is 0.381 e. The van der Waals surface area contributed by atoms with Gasteiger partial charge in [0, 0.05) is 59.4 Å². The third kappa shape index (κ3) is 59.7. The van der Waals surface area contributed by atoms with Gasteiger partial charge in [0.2, 0.25) is 0 Å². The van der Waals surface area contributed by atoms with Crippen molar-refractivity contribution in [2.75, 3.05) is 125 Å². The highest BCUT2D eigenvalue weighted by atomic mass is 16.6. The molecule has 4 aliphatic carbocycles. The normalized spacial score (nSPS) is 23.6. The smallest absolute Gasteiger partial charge is 0.0966 e. The molecular formula is C55H115N3O7. The SMILES string of the molecule is C.C1CCC1.C1CCC1.C1CCCC1.C1CCCCC1.C1CCNC1.C1CCNCC1.C1CCOC1.C1CCOCC1.C1CCOCC1.C1CCOCC1.C1COCCO1.C1COCN1. The molecule has 0 aromatic heterocycles. The Balaban J connectivity index is 0.000000688. The molecule has 3 N–H and O–H groups in total. The van der Waals surface area contributed by atoms with E-state index in [0.717, 1.165) is 99.2 Å². The lowest BCUT2D eigenvalue weighted by Gasteiger charge is -2.09. The van der Waals surface area contributed by atoms with Crippen molar-refractivity contribution in [1.82, 2.24) is 16.0 Å². The van der Waals surface area contributed by atoms with Gasteiger partial charge >= 0.3 is 0 Å². The minimum atomic E-state index is 0. The van der Waals surface area contributed by atoms with Gasteiger partial charge in [0.05, 0.1) is 39.8 Å². The summed E-state index contributed by atoms with van der Waals surface area (Å²) in [4.78, 5) is 0. The van der Waals surface area contributed by atoms with Crippen LogP contribution in [0.5, 0.6) is 0 Å². The molecule has 0 bridgehead atoms. The first-order valence-electron chi connectivity index (χ1n) is 28.2. The van der Waals surface area contributed by atoms with Gasteiger partial charge in [-0.3, -0.25) is 5.32 Å². The average molecular weight is 931 g/mol. The molecule has 12 rings (SSSR count). The Hall–Kier alpha value is -0.400. The van der Waals surface area contributed by atoms with Crippen molar-refractivity contribution in [2.24, 2.45) is 0 Å². The second-order valence-electron chi connectivity index (χ2n) is 18.6. The Labute approximate surface area is 405 Å². The number of nitrogens with one attached hydrogen (secondary N) is 3. The van der Waals surface area contributed by atoms with Crippen molar-refractivity contribution in [3.63, 3.8) is 0 Å². The van der Waals surface area contributed by atoms with Crippen molar-refractivity contribution in [3.05, 3.63) is 0 Å². The van der Waals surface area contributed by atoms with Crippen molar-refractivity contribution >= 4 is 0 Å². The standard InChI is InChI=1S/C6H12.C5H11N.3C5H10O.C5H10.C4H9N.C4H8O2.C4H8O.2C4H8.C3H7NO.CH4/c5*1-2-4-6-5-3-1;2*1-2-4-5-3-1;1-2-6-4-3-5-1;1-2-4-5-3-1;2*1-2-4-3-1;1-2-5-3-4-1;/h1-6H2;6H,1-5H2;3*1-5H2;1-5H2;5H,1-4H2;1-4H2;1-4H2;2*1-4H2;4H,1-3H2;1H4. The zero-order valence-electron chi connectivity index (χ0n) is 42.5. The lowest BCUT2D eigenvalue weighted by Crippen LogP contribution is -2.21. The van der Waals surface area contributed by atoms with Crippen LogP contribution in [0.2, 0.25) is 0 Å². The zero-order valence-corrected chi connectivity index (χ0v) is 42.5. The van der Waals surface area contributed by atoms with E-state index in [2.05, 4.69) is 16.0 Å². The molecule has 10 nitrogen and oxygen atoms in total. The van der Waals surface area contributed by atoms with Gasteiger partial charge in [-0.05, 0) is 122 Å². The molecule has 0 aromatic rings. The summed E-state index contributed by atoms with van der Waals surface area (Å²) >= 11 is 0. The van der Waals surface area contributed by atoms with E-state index in [4.69, 9.17) is 33.2 Å². The summed E-state index contributed by atoms with van der Waals surface area (Å²) < 4.78 is 34.9. The van der Waals surface area contributed by atoms with Crippen LogP contribution >= 0.6 is 0 Å². The summed E-state index contributed by atoms with van der Waals surface area (Å²) in [6, 6.07) is 0. The molecule has 4 saturated carbocycles. The third-order valence-corrected chi connectivity index (χ3v) is 12.3. The van der Waals surface area contributed by atoms with Crippen LogP contribution in [0.15, 0.2) is 0 Å². The molecule has 65 heavy (non-hydrogen) atoms. The molecule has 0 radical (unpaired) electrons. The fraction of sp³-hybridized carbons (Fsp3) is 1.00. The summed E-state index contributed by atoms with van der Waals surface area (Å²) in [6.07, 6.45) is 49.8. The maximum atomic E-state index is 5.07. The van der Waals surface area contributed by atoms with E-state index >= 15 is 0 Å². The van der Waals surface area contributed by atoms with E-state index in [1.807, 2.05) is 0 Å². The predicted octanol–water partition coefficient (Wildman–Crippen LogP) is 13.1. The molecule has 0 aromatic carbocycles. The van der Waals surface area contributed by atoms with Crippen molar-refractivity contribution in [2.45, 2.75) is 232 Å². The van der Waals surface area contributed by atoms with E-state index < -0.39 is 0 Å². The van der Waals surface area contributed by atoms with Crippen molar-refractivity contribution in [1.29, 1.82) is 0 Å². The Morgan fingerprint density at radius 3 is 0.462 bits per heavy atom. The van der Waals surface area contributed by atoms with Gasteiger partial charge in [0.15, 0.2) is 0 Å². The Bertz CT molecular complexity index is 521. The summed E-state index contributed by atoms with van der Waals surface area (Å²) in [5, 5.41) is 9.51. The maximum Gasteiger partial charge on any atom is 0.0966 e. The molecule has 0 unspecified atom stereocenters. The zero-order chi connectivity index (χ0) is 45.3. The topological polar surface area (TPSA) is 101 Å². The van der Waals surface area contributed by atoms with Gasteiger partial charge in [0.25, 0.3) is 0 Å². The number of hydrogen-bond acceptors (Lipinski definition) is 10. The van der Waals surface area contributed by atoms with Crippen LogP contribution in [0, 0.1) is 0 Å². The molecule has 12 aliphatic rings. The Kier molecular flexibility index (Phi) is 61.2. The fourth-order valence-corrected chi connectivity index (χ4v) is 7.24. The fourth-order valence-electron chi connectivity index (χ4n) is 7.24. The van der Waals surface area contributed by atoms with Gasteiger partial charge < -0.3 is 43.8 Å². The molecule has 0 amide bonds. The first kappa shape index (κ1) is 64.6. The van der Waals surface area contributed by atoms with Crippen LogP contribution in [-0.2, 0) is 33.2 Å². The van der Waals surface area contributed by atoms with Gasteiger partial charge in [-0.2, -0.15) is 0 Å². The van der Waals surface area contributed by atoms with Crippen LogP contribution < -0.4 is 16.0 Å². The monoisotopic (exact) mass is 930 g/mol. The molecule has 0 spiro atoms. The van der Waals surface area contributed by atoms with Gasteiger partial charge in [-0.1, -0.05) is 136 Å². The highest BCUT2D eigenvalue weighted by molar-refractivity contribution is 4.57. The minimum absolute atomic E-state index is 0. The number of ether oxygens (including phenoxy) is 7. The predicted molar refractivity (Wildman–Crippen MR) is 278 cm³/mol. The van der Waals surface area contributed by atoms with E-state index in [0.29, 0.717) is 0 Å². The average Bonchev–Trinajstić information content (AvgIpc) is 4.23. The maximum absolute atomic E-state index is 5.07. The van der Waals surface area contributed by atoms with Crippen molar-refractivity contribution in [3.8, 4) is 0 Å². The van der Waals surface area contributed by atoms with E-state index in [9.17, 15) is 0 Å². The quantitative estimate of drug-likeness (QED) is 0.218. The van der Waals surface area contributed by atoms with Gasteiger partial charge in [-0.25, -0.2) is 0 Å². The molecule has 392 valence electrons. The first-order chi connectivity index (χ1) is 32.0. The molecular weight excluding hydrogens is 815 g/mol. The second kappa shape index (κ2) is 61.6. The van der Waals surface area contributed by atoms with E-state index in [-0.39, 0.29) is 7.43 Å². The molecule has 10 heteroatoms. The van der Waals surface area contributed by atoms with Crippen LogP contribution in [0.1, 0.15) is 232 Å². The number of piperidine rings is 1. The van der Waals surface area contributed by atoms with Crippen LogP contribution in [-0.4, -0.2) is 125 Å². The van der Waals surface area contributed by atoms with Gasteiger partial charge in [0.1, 0.15) is 0 Å². The van der Waals surface area contributed by atoms with Gasteiger partial charge in [-0.15, -0.1) is 0 Å². The Morgan fingerprint density at radius 1 is 0.154 bits per heavy atom. The first-order valence-corrected chi connectivity index (χ1v) is 28.2. The summed E-state index contributed by atoms with van der Waals surface area (Å²) in [7, 11) is 0. The number of hydrogen-bond donors (Lipinski definition) is 3. The molecule has 8 heterocycles. The molecule has 0 atom stereocenters. The lowest BCUT2D eigenvalue weighted by molar-refractivity contribution is -0.0334. The molecule has 8 saturated heterocycles.